The molecule has 2 heterocycles. The normalized spacial score (nSPS) is 13.0. The summed E-state index contributed by atoms with van der Waals surface area (Å²) in [6.07, 6.45) is 8.04. The minimum atomic E-state index is 0.956. The van der Waals surface area contributed by atoms with Gasteiger partial charge in [0.1, 0.15) is 5.65 Å². The van der Waals surface area contributed by atoms with Crippen molar-refractivity contribution in [3.8, 4) is 11.3 Å². The number of benzene rings is 2. The van der Waals surface area contributed by atoms with Gasteiger partial charge in [-0.3, -0.25) is 4.40 Å². The summed E-state index contributed by atoms with van der Waals surface area (Å²) in [5, 5.41) is 3.47. The van der Waals surface area contributed by atoms with Crippen molar-refractivity contribution < 1.29 is 0 Å². The van der Waals surface area contributed by atoms with E-state index in [1.54, 1.807) is 0 Å². The lowest BCUT2D eigenvalue weighted by Crippen LogP contribution is -2.28. The maximum absolute atomic E-state index is 4.85. The molecule has 2 aromatic carbocycles. The van der Waals surface area contributed by atoms with Crippen LogP contribution in [0.25, 0.3) is 40.0 Å². The van der Waals surface area contributed by atoms with Crippen LogP contribution in [0.5, 0.6) is 0 Å². The third-order valence-corrected chi connectivity index (χ3v) is 5.78. The maximum atomic E-state index is 4.85. The fourth-order valence-electron chi connectivity index (χ4n) is 4.32. The number of pyridine rings is 1. The van der Waals surface area contributed by atoms with Crippen LogP contribution < -0.4 is 10.4 Å². The second-order valence-corrected chi connectivity index (χ2v) is 8.17. The van der Waals surface area contributed by atoms with Gasteiger partial charge in [0.15, 0.2) is 0 Å². The third-order valence-electron chi connectivity index (χ3n) is 5.29. The van der Waals surface area contributed by atoms with Gasteiger partial charge in [-0.25, -0.2) is 4.98 Å². The predicted molar refractivity (Wildman–Crippen MR) is 124 cm³/mol. The molecule has 0 radical (unpaired) electrons. The molecular weight excluding hydrogens is 408 g/mol. The lowest BCUT2D eigenvalue weighted by Gasteiger charge is -2.14. The number of nitrogens with zero attached hydrogens (tertiary/aromatic N) is 2. The second-order valence-electron chi connectivity index (χ2n) is 7.26. The molecule has 0 fully saturated rings. The predicted octanol–water partition coefficient (Wildman–Crippen LogP) is 5.61. The van der Waals surface area contributed by atoms with Gasteiger partial charge in [-0.05, 0) is 62.2 Å². The summed E-state index contributed by atoms with van der Waals surface area (Å²) in [5.41, 5.74) is 8.30. The van der Waals surface area contributed by atoms with Gasteiger partial charge >= 0.3 is 0 Å². The molecule has 0 saturated heterocycles. The molecule has 0 amide bonds. The van der Waals surface area contributed by atoms with Crippen molar-refractivity contribution in [3.63, 3.8) is 0 Å². The van der Waals surface area contributed by atoms with E-state index in [0.29, 0.717) is 0 Å². The Hall–Kier alpha value is -2.65. The van der Waals surface area contributed by atoms with Crippen molar-refractivity contribution in [2.75, 3.05) is 0 Å². The Balaban J connectivity index is 2.30. The van der Waals surface area contributed by atoms with Gasteiger partial charge in [-0.1, -0.05) is 58.4 Å². The third kappa shape index (κ3) is 2.82. The van der Waals surface area contributed by atoms with Crippen LogP contribution in [-0.2, 0) is 0 Å². The number of fused-ring (bicyclic) bond motifs is 3. The minimum Gasteiger partial charge on any atom is -0.292 e. The van der Waals surface area contributed by atoms with E-state index in [9.17, 15) is 0 Å². The minimum absolute atomic E-state index is 0.956. The number of hydrogen-bond acceptors (Lipinski definition) is 1. The van der Waals surface area contributed by atoms with Crippen LogP contribution in [0.3, 0.4) is 0 Å². The number of imidazole rings is 1. The average Bonchev–Trinajstić information content (AvgIpc) is 3.06. The van der Waals surface area contributed by atoms with E-state index in [-0.39, 0.29) is 0 Å². The van der Waals surface area contributed by atoms with Crippen molar-refractivity contribution in [2.24, 2.45) is 0 Å². The molecule has 0 aliphatic carbocycles. The summed E-state index contributed by atoms with van der Waals surface area (Å²) in [6.45, 7) is 12.5. The standard InChI is InChI=1S/C25H23BrN2/c1-6-8-20-19(7-2)21-13-18(26)9-10-22(21)28-23(14-27-25(20)28)24-16(4)11-15(3)12-17(24)5/h6-14H,1H2,2-5H3/b19-7+,20-8+. The van der Waals surface area contributed by atoms with E-state index in [1.165, 1.54) is 32.9 Å². The Kier molecular flexibility index (Phi) is 4.72. The SMILES string of the molecule is C=C/C=c1\c(=C/C)c2cc(Br)ccc2n2c(-c3c(C)cc(C)cc3C)cnc12. The van der Waals surface area contributed by atoms with Crippen LogP contribution in [-0.4, -0.2) is 9.38 Å². The monoisotopic (exact) mass is 430 g/mol. The zero-order chi connectivity index (χ0) is 20.0. The maximum Gasteiger partial charge on any atom is 0.145 e. The Morgan fingerprint density at radius 3 is 2.39 bits per heavy atom. The Bertz CT molecular complexity index is 1350. The van der Waals surface area contributed by atoms with Gasteiger partial charge in [0.25, 0.3) is 0 Å². The summed E-state index contributed by atoms with van der Waals surface area (Å²) in [6, 6.07) is 10.9. The number of halogens is 1. The van der Waals surface area contributed by atoms with E-state index >= 15 is 0 Å². The highest BCUT2D eigenvalue weighted by Crippen LogP contribution is 2.30. The van der Waals surface area contributed by atoms with Gasteiger partial charge in [-0.15, -0.1) is 0 Å². The molecule has 0 atom stereocenters. The topological polar surface area (TPSA) is 17.3 Å². The molecule has 0 N–H and O–H groups in total. The van der Waals surface area contributed by atoms with E-state index in [0.717, 1.165) is 26.5 Å². The van der Waals surface area contributed by atoms with E-state index in [1.807, 2.05) is 12.3 Å². The Morgan fingerprint density at radius 1 is 1.04 bits per heavy atom. The molecule has 0 aliphatic rings. The van der Waals surface area contributed by atoms with Gasteiger partial charge in [0.2, 0.25) is 0 Å². The molecule has 0 saturated carbocycles. The molecule has 0 aliphatic heterocycles. The van der Waals surface area contributed by atoms with Crippen LogP contribution in [0.1, 0.15) is 23.6 Å². The van der Waals surface area contributed by atoms with Gasteiger partial charge in [-0.2, -0.15) is 0 Å². The highest BCUT2D eigenvalue weighted by Gasteiger charge is 2.16. The molecule has 0 bridgehead atoms. The molecule has 4 aromatic rings. The van der Waals surface area contributed by atoms with Crippen molar-refractivity contribution in [1.29, 1.82) is 0 Å². The van der Waals surface area contributed by atoms with Gasteiger partial charge in [0, 0.05) is 20.6 Å². The molecule has 2 nitrogen and oxygen atoms in total. The first-order valence-electron chi connectivity index (χ1n) is 9.42. The summed E-state index contributed by atoms with van der Waals surface area (Å²) in [7, 11) is 0. The number of allylic oxidation sites excluding steroid dienone is 1. The fourth-order valence-corrected chi connectivity index (χ4v) is 4.68. The molecule has 0 spiro atoms. The van der Waals surface area contributed by atoms with Crippen LogP contribution in [0.15, 0.2) is 53.7 Å². The first-order valence-corrected chi connectivity index (χ1v) is 10.2. The lowest BCUT2D eigenvalue weighted by atomic mass is 9.97. The molecule has 28 heavy (non-hydrogen) atoms. The quantitative estimate of drug-likeness (QED) is 0.403. The highest BCUT2D eigenvalue weighted by atomic mass is 79.9. The Morgan fingerprint density at radius 2 is 1.75 bits per heavy atom. The highest BCUT2D eigenvalue weighted by molar-refractivity contribution is 9.10. The number of aromatic nitrogens is 2. The van der Waals surface area contributed by atoms with Crippen LogP contribution in [0.2, 0.25) is 0 Å². The number of rotatable bonds is 2. The molecular formula is C25H23BrN2. The van der Waals surface area contributed by atoms with Crippen molar-refractivity contribution in [3.05, 3.63) is 80.8 Å². The van der Waals surface area contributed by atoms with Crippen molar-refractivity contribution in [2.45, 2.75) is 27.7 Å². The second kappa shape index (κ2) is 7.06. The largest absolute Gasteiger partial charge is 0.292 e. The lowest BCUT2D eigenvalue weighted by molar-refractivity contribution is 1.21. The zero-order valence-electron chi connectivity index (χ0n) is 16.7. The van der Waals surface area contributed by atoms with Crippen LogP contribution >= 0.6 is 15.9 Å². The smallest absolute Gasteiger partial charge is 0.145 e. The number of aryl methyl sites for hydroxylation is 3. The summed E-state index contributed by atoms with van der Waals surface area (Å²) >= 11 is 3.64. The molecule has 3 heteroatoms. The van der Waals surface area contributed by atoms with Crippen LogP contribution in [0.4, 0.5) is 0 Å². The first-order chi connectivity index (χ1) is 13.5. The molecule has 4 rings (SSSR count). The summed E-state index contributed by atoms with van der Waals surface area (Å²) in [4.78, 5) is 4.85. The van der Waals surface area contributed by atoms with Crippen LogP contribution in [0, 0.1) is 20.8 Å². The summed E-state index contributed by atoms with van der Waals surface area (Å²) < 4.78 is 3.35. The molecule has 2 aromatic heterocycles. The average molecular weight is 431 g/mol. The van der Waals surface area contributed by atoms with Gasteiger partial charge < -0.3 is 0 Å². The van der Waals surface area contributed by atoms with E-state index < -0.39 is 0 Å². The molecule has 140 valence electrons. The fraction of sp³-hybridized carbons (Fsp3) is 0.160. The zero-order valence-corrected chi connectivity index (χ0v) is 18.3. The van der Waals surface area contributed by atoms with E-state index in [4.69, 9.17) is 4.98 Å². The first kappa shape index (κ1) is 18.7. The van der Waals surface area contributed by atoms with Gasteiger partial charge in [0.05, 0.1) is 17.4 Å². The molecule has 0 unspecified atom stereocenters. The van der Waals surface area contributed by atoms with E-state index in [2.05, 4.69) is 97.1 Å². The Labute approximate surface area is 173 Å². The summed E-state index contributed by atoms with van der Waals surface area (Å²) in [5.74, 6) is 0. The number of hydrogen-bond donors (Lipinski definition) is 0. The van der Waals surface area contributed by atoms with Crippen molar-refractivity contribution >= 4 is 44.6 Å². The van der Waals surface area contributed by atoms with Crippen molar-refractivity contribution in [1.82, 2.24) is 9.38 Å².